The molecule has 0 spiro atoms. The van der Waals surface area contributed by atoms with Crippen molar-refractivity contribution in [1.29, 1.82) is 0 Å². The highest BCUT2D eigenvalue weighted by Gasteiger charge is 2.35. The summed E-state index contributed by atoms with van der Waals surface area (Å²) in [7, 11) is 0. The van der Waals surface area contributed by atoms with Crippen molar-refractivity contribution < 1.29 is 18.9 Å². The van der Waals surface area contributed by atoms with Gasteiger partial charge in [-0.05, 0) is 129 Å². The van der Waals surface area contributed by atoms with Crippen molar-refractivity contribution in [2.75, 3.05) is 78.8 Å². The Morgan fingerprint density at radius 3 is 0.733 bits per heavy atom. The van der Waals surface area contributed by atoms with Crippen molar-refractivity contribution in [3.05, 3.63) is 0 Å². The molecule has 4 N–H and O–H groups in total. The molecule has 0 radical (unpaired) electrons. The maximum absolute atomic E-state index is 6.38. The van der Waals surface area contributed by atoms with Gasteiger partial charge in [0.25, 0.3) is 0 Å². The van der Waals surface area contributed by atoms with Crippen molar-refractivity contribution in [3.63, 3.8) is 0 Å². The van der Waals surface area contributed by atoms with Gasteiger partial charge in [0, 0.05) is 0 Å². The van der Waals surface area contributed by atoms with Gasteiger partial charge in [-0.2, -0.15) is 0 Å². The molecule has 0 rings (SSSR count). The lowest BCUT2D eigenvalue weighted by Crippen LogP contribution is -2.43. The summed E-state index contributed by atoms with van der Waals surface area (Å²) in [5, 5.41) is 14.0. The van der Waals surface area contributed by atoms with E-state index >= 15 is 0 Å². The average molecular weight is 645 g/mol. The molecule has 0 aromatic heterocycles. The Morgan fingerprint density at radius 1 is 0.289 bits per heavy atom. The van der Waals surface area contributed by atoms with E-state index in [1.165, 1.54) is 77.0 Å². The molecule has 8 nitrogen and oxygen atoms in total. The molecule has 0 unspecified atom stereocenters. The van der Waals surface area contributed by atoms with Gasteiger partial charge in [-0.25, -0.2) is 0 Å². The third-order valence-electron chi connectivity index (χ3n) is 7.81. The van der Waals surface area contributed by atoms with Crippen LogP contribution in [-0.4, -0.2) is 84.9 Å². The van der Waals surface area contributed by atoms with E-state index in [2.05, 4.69) is 49.0 Å². The van der Waals surface area contributed by atoms with E-state index in [9.17, 15) is 0 Å². The van der Waals surface area contributed by atoms with Crippen LogP contribution in [0.5, 0.6) is 0 Å². The summed E-state index contributed by atoms with van der Waals surface area (Å²) < 4.78 is 25.5. The first-order chi connectivity index (χ1) is 22.2. The number of unbranched alkanes of at least 4 members (excludes halogenated alkanes) is 12. The molecule has 0 aromatic rings. The topological polar surface area (TPSA) is 85.0 Å². The van der Waals surface area contributed by atoms with Crippen molar-refractivity contribution in [3.8, 4) is 0 Å². The molecular weight excluding hydrogens is 564 g/mol. The van der Waals surface area contributed by atoms with Gasteiger partial charge >= 0.3 is 6.16 Å². The lowest BCUT2D eigenvalue weighted by atomic mass is 10.2. The first-order valence-corrected chi connectivity index (χ1v) is 19.6. The molecule has 0 saturated carbocycles. The molecule has 0 aromatic carbocycles. The Balaban J connectivity index is 4.84. The monoisotopic (exact) mass is 645 g/mol. The van der Waals surface area contributed by atoms with Crippen LogP contribution in [0.4, 0.5) is 0 Å². The summed E-state index contributed by atoms with van der Waals surface area (Å²) in [6.07, 6.45) is 21.6. The van der Waals surface area contributed by atoms with Crippen LogP contribution in [0, 0.1) is 0 Å². The Morgan fingerprint density at radius 2 is 0.511 bits per heavy atom. The third kappa shape index (κ3) is 33.4. The fraction of sp³-hybridized carbons (Fsp3) is 1.00. The first-order valence-electron chi connectivity index (χ1n) is 19.6. The Hall–Kier alpha value is -0.320. The van der Waals surface area contributed by atoms with Crippen LogP contribution in [0.15, 0.2) is 0 Å². The predicted octanol–water partition coefficient (Wildman–Crippen LogP) is 7.90. The van der Waals surface area contributed by atoms with Crippen LogP contribution < -0.4 is 21.3 Å². The molecular formula is C37H80N4O4. The third-order valence-corrected chi connectivity index (χ3v) is 7.81. The number of nitrogens with one attached hydrogen (secondary N) is 4. The van der Waals surface area contributed by atoms with E-state index in [4.69, 9.17) is 18.9 Å². The quantitative estimate of drug-likeness (QED) is 0.0396. The number of rotatable bonds is 40. The molecule has 0 fully saturated rings. The minimum absolute atomic E-state index is 0.595. The van der Waals surface area contributed by atoms with Gasteiger partial charge in [0.1, 0.15) is 0 Å². The molecule has 45 heavy (non-hydrogen) atoms. The summed E-state index contributed by atoms with van der Waals surface area (Å²) in [5.41, 5.74) is 0. The van der Waals surface area contributed by atoms with Crippen LogP contribution in [0.3, 0.4) is 0 Å². The van der Waals surface area contributed by atoms with Crippen LogP contribution in [-0.2, 0) is 18.9 Å². The van der Waals surface area contributed by atoms with Crippen molar-refractivity contribution in [2.24, 2.45) is 0 Å². The van der Waals surface area contributed by atoms with Gasteiger partial charge in [0.05, 0.1) is 26.4 Å². The first kappa shape index (κ1) is 44.7. The highest BCUT2D eigenvalue weighted by atomic mass is 17.0. The van der Waals surface area contributed by atoms with Gasteiger partial charge in [-0.15, -0.1) is 0 Å². The zero-order valence-corrected chi connectivity index (χ0v) is 30.8. The summed E-state index contributed by atoms with van der Waals surface area (Å²) in [6.45, 7) is 20.1. The Labute approximate surface area is 281 Å². The predicted molar refractivity (Wildman–Crippen MR) is 193 cm³/mol. The standard InChI is InChI=1S/C37H80N4O4/c1-5-25-38-29-17-9-13-21-33-42-37(43-34-22-14-10-18-30-39-26-6-2,44-35-23-15-11-19-31-40-27-7-3)45-36-24-16-12-20-32-41-28-8-4/h38-41H,5-36H2,1-4H3. The number of hydrogen-bond donors (Lipinski definition) is 4. The van der Waals surface area contributed by atoms with Gasteiger partial charge in [-0.1, -0.05) is 79.1 Å². The summed E-state index contributed by atoms with van der Waals surface area (Å²) >= 11 is 0. The van der Waals surface area contributed by atoms with Crippen molar-refractivity contribution in [1.82, 2.24) is 21.3 Å². The fourth-order valence-electron chi connectivity index (χ4n) is 5.07. The number of ether oxygens (including phenoxy) is 4. The van der Waals surface area contributed by atoms with Crippen molar-refractivity contribution in [2.45, 2.75) is 162 Å². The van der Waals surface area contributed by atoms with Crippen LogP contribution in [0.25, 0.3) is 0 Å². The van der Waals surface area contributed by atoms with Crippen LogP contribution >= 0.6 is 0 Å². The highest BCUT2D eigenvalue weighted by molar-refractivity contribution is 4.55. The summed E-state index contributed by atoms with van der Waals surface area (Å²) in [6, 6.07) is 0. The zero-order valence-electron chi connectivity index (χ0n) is 30.8. The summed E-state index contributed by atoms with van der Waals surface area (Å²) in [4.78, 5) is 0. The molecule has 0 bridgehead atoms. The largest absolute Gasteiger partial charge is 0.412 e. The molecule has 0 aliphatic carbocycles. The van der Waals surface area contributed by atoms with E-state index in [0.717, 1.165) is 104 Å². The van der Waals surface area contributed by atoms with Gasteiger partial charge < -0.3 is 40.2 Å². The molecule has 0 aliphatic heterocycles. The molecule has 0 heterocycles. The fourth-order valence-corrected chi connectivity index (χ4v) is 5.07. The van der Waals surface area contributed by atoms with Gasteiger partial charge in [0.15, 0.2) is 0 Å². The lowest BCUT2D eigenvalue weighted by Gasteiger charge is -2.32. The zero-order chi connectivity index (χ0) is 32.8. The second kappa shape index (κ2) is 38.1. The maximum atomic E-state index is 6.38. The molecule has 8 heteroatoms. The van der Waals surface area contributed by atoms with E-state index in [0.29, 0.717) is 26.4 Å². The molecule has 0 saturated heterocycles. The normalized spacial score (nSPS) is 12.0. The smallest absolute Gasteiger partial charge is 0.317 e. The van der Waals surface area contributed by atoms with Gasteiger partial charge in [0.2, 0.25) is 0 Å². The number of hydrogen-bond acceptors (Lipinski definition) is 8. The Kier molecular flexibility index (Phi) is 37.9. The second-order valence-corrected chi connectivity index (χ2v) is 12.6. The maximum Gasteiger partial charge on any atom is 0.412 e. The average Bonchev–Trinajstić information content (AvgIpc) is 3.05. The minimum atomic E-state index is -1.38. The van der Waals surface area contributed by atoms with E-state index < -0.39 is 6.16 Å². The molecule has 0 aliphatic rings. The van der Waals surface area contributed by atoms with Crippen LogP contribution in [0.2, 0.25) is 0 Å². The molecule has 272 valence electrons. The molecule has 0 atom stereocenters. The van der Waals surface area contributed by atoms with Gasteiger partial charge in [-0.3, -0.25) is 0 Å². The lowest BCUT2D eigenvalue weighted by molar-refractivity contribution is -0.499. The Bertz CT molecular complexity index is 451. The van der Waals surface area contributed by atoms with E-state index in [-0.39, 0.29) is 0 Å². The van der Waals surface area contributed by atoms with Crippen molar-refractivity contribution >= 4 is 0 Å². The highest BCUT2D eigenvalue weighted by Crippen LogP contribution is 2.22. The summed E-state index contributed by atoms with van der Waals surface area (Å²) in [5.74, 6) is 0. The van der Waals surface area contributed by atoms with Crippen LogP contribution in [0.1, 0.15) is 156 Å². The minimum Gasteiger partial charge on any atom is -0.317 e. The van der Waals surface area contributed by atoms with E-state index in [1.54, 1.807) is 0 Å². The SMILES string of the molecule is CCCNCCCCCCOC(OCCCCCCNCCC)(OCCCCCCNCCC)OCCCCCCNCCC. The second-order valence-electron chi connectivity index (χ2n) is 12.6. The van der Waals surface area contributed by atoms with E-state index in [1.807, 2.05) is 0 Å². The molecule has 0 amide bonds.